The van der Waals surface area contributed by atoms with Crippen LogP contribution in [0.2, 0.25) is 10.0 Å². The molecule has 4 rings (SSSR count). The van der Waals surface area contributed by atoms with Crippen LogP contribution in [0.5, 0.6) is 0 Å². The Labute approximate surface area is 192 Å². The van der Waals surface area contributed by atoms with E-state index in [0.717, 1.165) is 0 Å². The summed E-state index contributed by atoms with van der Waals surface area (Å²) in [6.45, 7) is 6.70. The maximum absolute atomic E-state index is 13.5. The van der Waals surface area contributed by atoms with Gasteiger partial charge in [-0.05, 0) is 50.1 Å². The number of nitrogens with zero attached hydrogens (tertiary/aromatic N) is 2. The SMILES string of the molecule is CCOC1(Nc2c(C)nc(-c3ccc(Cl)cc3Cl)n(CC)c2=O)Cc2ccccc2C1. The highest BCUT2D eigenvalue weighted by Gasteiger charge is 2.39. The molecule has 0 unspecified atom stereocenters. The minimum absolute atomic E-state index is 0.147. The number of anilines is 1. The molecular formula is C24H25Cl2N3O2. The second kappa shape index (κ2) is 8.65. The lowest BCUT2D eigenvalue weighted by Gasteiger charge is -2.32. The minimum Gasteiger partial charge on any atom is -0.355 e. The Balaban J connectivity index is 1.78. The Morgan fingerprint density at radius 3 is 2.39 bits per heavy atom. The zero-order valence-corrected chi connectivity index (χ0v) is 19.3. The van der Waals surface area contributed by atoms with Gasteiger partial charge in [0, 0.05) is 36.6 Å². The largest absolute Gasteiger partial charge is 0.355 e. The Morgan fingerprint density at radius 2 is 1.81 bits per heavy atom. The van der Waals surface area contributed by atoms with E-state index in [-0.39, 0.29) is 5.56 Å². The van der Waals surface area contributed by atoms with Crippen LogP contribution < -0.4 is 10.9 Å². The summed E-state index contributed by atoms with van der Waals surface area (Å²) in [5.41, 5.74) is 3.37. The van der Waals surface area contributed by atoms with Gasteiger partial charge in [-0.15, -0.1) is 0 Å². The van der Waals surface area contributed by atoms with Crippen molar-refractivity contribution in [1.29, 1.82) is 0 Å². The van der Waals surface area contributed by atoms with Crippen LogP contribution in [-0.4, -0.2) is 21.9 Å². The summed E-state index contributed by atoms with van der Waals surface area (Å²) in [7, 11) is 0. The highest BCUT2D eigenvalue weighted by Crippen LogP contribution is 2.35. The molecule has 162 valence electrons. The molecule has 0 radical (unpaired) electrons. The lowest BCUT2D eigenvalue weighted by molar-refractivity contribution is -0.00876. The Bertz CT molecular complexity index is 1160. The summed E-state index contributed by atoms with van der Waals surface area (Å²) in [6.07, 6.45) is 1.37. The molecule has 5 nitrogen and oxygen atoms in total. The molecule has 1 aliphatic carbocycles. The van der Waals surface area contributed by atoms with Crippen molar-refractivity contribution in [3.8, 4) is 11.4 Å². The van der Waals surface area contributed by atoms with Gasteiger partial charge in [0.1, 0.15) is 17.2 Å². The maximum Gasteiger partial charge on any atom is 0.277 e. The molecular weight excluding hydrogens is 433 g/mol. The van der Waals surface area contributed by atoms with Crippen molar-refractivity contribution in [1.82, 2.24) is 9.55 Å². The predicted molar refractivity (Wildman–Crippen MR) is 126 cm³/mol. The van der Waals surface area contributed by atoms with Gasteiger partial charge in [-0.25, -0.2) is 4.98 Å². The van der Waals surface area contributed by atoms with Crippen molar-refractivity contribution in [2.24, 2.45) is 0 Å². The van der Waals surface area contributed by atoms with E-state index < -0.39 is 5.72 Å². The van der Waals surface area contributed by atoms with Gasteiger partial charge < -0.3 is 10.1 Å². The molecule has 0 spiro atoms. The molecule has 3 aromatic rings. The first-order chi connectivity index (χ1) is 14.9. The normalized spacial score (nSPS) is 14.5. The molecule has 1 N–H and O–H groups in total. The average molecular weight is 458 g/mol. The van der Waals surface area contributed by atoms with E-state index in [1.165, 1.54) is 11.1 Å². The van der Waals surface area contributed by atoms with Gasteiger partial charge in [0.05, 0.1) is 10.7 Å². The molecule has 7 heteroatoms. The predicted octanol–water partition coefficient (Wildman–Crippen LogP) is 5.49. The van der Waals surface area contributed by atoms with Crippen LogP contribution >= 0.6 is 23.2 Å². The summed E-state index contributed by atoms with van der Waals surface area (Å²) >= 11 is 12.5. The molecule has 31 heavy (non-hydrogen) atoms. The second-order valence-corrected chi connectivity index (χ2v) is 8.59. The molecule has 0 bridgehead atoms. The Hall–Kier alpha value is -2.34. The molecule has 0 aliphatic heterocycles. The highest BCUT2D eigenvalue weighted by molar-refractivity contribution is 6.36. The van der Waals surface area contributed by atoms with Gasteiger partial charge in [-0.2, -0.15) is 0 Å². The number of benzene rings is 2. The zero-order valence-electron chi connectivity index (χ0n) is 17.8. The Kier molecular flexibility index (Phi) is 6.11. The highest BCUT2D eigenvalue weighted by atomic mass is 35.5. The van der Waals surface area contributed by atoms with Crippen LogP contribution in [0.4, 0.5) is 5.69 Å². The first kappa shape index (κ1) is 21.9. The summed E-state index contributed by atoms with van der Waals surface area (Å²) in [6, 6.07) is 13.5. The van der Waals surface area contributed by atoms with Crippen LogP contribution in [0.15, 0.2) is 47.3 Å². The standard InChI is InChI=1S/C24H25Cl2N3O2/c1-4-29-22(19-11-10-18(25)12-20(19)26)27-15(3)21(23(29)30)28-24(31-5-2)13-16-8-6-7-9-17(16)14-24/h6-12,28H,4-5,13-14H2,1-3H3. The summed E-state index contributed by atoms with van der Waals surface area (Å²) in [5.74, 6) is 0.525. The fraction of sp³-hybridized carbons (Fsp3) is 0.333. The second-order valence-electron chi connectivity index (χ2n) is 7.74. The number of aromatic nitrogens is 2. The quantitative estimate of drug-likeness (QED) is 0.497. The smallest absolute Gasteiger partial charge is 0.277 e. The van der Waals surface area contributed by atoms with Gasteiger partial charge in [-0.1, -0.05) is 47.5 Å². The number of ether oxygens (including phenoxy) is 1. The van der Waals surface area contributed by atoms with Crippen LogP contribution in [0.3, 0.4) is 0 Å². The number of aryl methyl sites for hydroxylation is 1. The number of halogens is 2. The van der Waals surface area contributed by atoms with Crippen LogP contribution in [-0.2, 0) is 24.1 Å². The van der Waals surface area contributed by atoms with E-state index in [4.69, 9.17) is 32.9 Å². The van der Waals surface area contributed by atoms with E-state index in [0.29, 0.717) is 58.8 Å². The van der Waals surface area contributed by atoms with Gasteiger partial charge in [-0.3, -0.25) is 9.36 Å². The molecule has 0 fully saturated rings. The fourth-order valence-corrected chi connectivity index (χ4v) is 4.78. The third kappa shape index (κ3) is 4.10. The van der Waals surface area contributed by atoms with Crippen molar-refractivity contribution >= 4 is 28.9 Å². The zero-order chi connectivity index (χ0) is 22.2. The van der Waals surface area contributed by atoms with Crippen molar-refractivity contribution in [2.45, 2.75) is 45.9 Å². The molecule has 0 saturated heterocycles. The molecule has 0 saturated carbocycles. The monoisotopic (exact) mass is 457 g/mol. The first-order valence-electron chi connectivity index (χ1n) is 10.4. The van der Waals surface area contributed by atoms with Crippen molar-refractivity contribution < 1.29 is 4.74 Å². The number of fused-ring (bicyclic) bond motifs is 1. The average Bonchev–Trinajstić information content (AvgIpc) is 3.09. The number of nitrogens with one attached hydrogen (secondary N) is 1. The van der Waals surface area contributed by atoms with Crippen molar-refractivity contribution in [3.05, 3.63) is 79.7 Å². The van der Waals surface area contributed by atoms with Crippen LogP contribution in [0, 0.1) is 6.92 Å². The molecule has 1 heterocycles. The fourth-order valence-electron chi connectivity index (χ4n) is 4.29. The lowest BCUT2D eigenvalue weighted by Crippen LogP contribution is -2.45. The summed E-state index contributed by atoms with van der Waals surface area (Å²) < 4.78 is 7.82. The van der Waals surface area contributed by atoms with Crippen molar-refractivity contribution in [3.63, 3.8) is 0 Å². The van der Waals surface area contributed by atoms with E-state index >= 15 is 0 Å². The van der Waals surface area contributed by atoms with E-state index in [9.17, 15) is 4.79 Å². The molecule has 2 aromatic carbocycles. The molecule has 1 aromatic heterocycles. The van der Waals surface area contributed by atoms with Gasteiger partial charge in [0.25, 0.3) is 5.56 Å². The third-order valence-electron chi connectivity index (χ3n) is 5.68. The van der Waals surface area contributed by atoms with Crippen LogP contribution in [0.1, 0.15) is 30.7 Å². The molecule has 0 amide bonds. The maximum atomic E-state index is 13.5. The van der Waals surface area contributed by atoms with Gasteiger partial charge in [0.2, 0.25) is 0 Å². The van der Waals surface area contributed by atoms with Gasteiger partial charge >= 0.3 is 0 Å². The summed E-state index contributed by atoms with van der Waals surface area (Å²) in [5, 5.41) is 4.44. The number of hydrogen-bond acceptors (Lipinski definition) is 4. The van der Waals surface area contributed by atoms with Crippen LogP contribution in [0.25, 0.3) is 11.4 Å². The van der Waals surface area contributed by atoms with Gasteiger partial charge in [0.15, 0.2) is 0 Å². The Morgan fingerprint density at radius 1 is 1.13 bits per heavy atom. The lowest BCUT2D eigenvalue weighted by atomic mass is 10.1. The third-order valence-corrected chi connectivity index (χ3v) is 6.23. The number of rotatable bonds is 6. The minimum atomic E-state index is -0.672. The summed E-state index contributed by atoms with van der Waals surface area (Å²) in [4.78, 5) is 18.3. The first-order valence-corrected chi connectivity index (χ1v) is 11.2. The topological polar surface area (TPSA) is 56.1 Å². The number of hydrogen-bond donors (Lipinski definition) is 1. The van der Waals surface area contributed by atoms with E-state index in [1.807, 2.05) is 32.9 Å². The van der Waals surface area contributed by atoms with E-state index in [1.54, 1.807) is 22.8 Å². The van der Waals surface area contributed by atoms with E-state index in [2.05, 4.69) is 17.4 Å². The molecule has 0 atom stereocenters. The van der Waals surface area contributed by atoms with Crippen molar-refractivity contribution in [2.75, 3.05) is 11.9 Å². The molecule has 1 aliphatic rings.